The molecule has 2 atom stereocenters. The van der Waals surface area contributed by atoms with Crippen LogP contribution in [0, 0.1) is 0 Å². The molecule has 0 spiro atoms. The minimum Gasteiger partial charge on any atom is -0.480 e. The first-order valence-corrected chi connectivity index (χ1v) is 7.60. The van der Waals surface area contributed by atoms with Gasteiger partial charge in [-0.25, -0.2) is 9.59 Å². The van der Waals surface area contributed by atoms with E-state index in [-0.39, 0.29) is 0 Å². The third-order valence-electron chi connectivity index (χ3n) is 2.86. The summed E-state index contributed by atoms with van der Waals surface area (Å²) in [5.74, 6) is -0.700. The number of hydrogen-bond donors (Lipinski definition) is 1. The minimum atomic E-state index is -1.03. The predicted molar refractivity (Wildman–Crippen MR) is 78.9 cm³/mol. The molecule has 1 amide bonds. The molecule has 1 aliphatic heterocycles. The molecule has 7 heteroatoms. The number of pyridine rings is 1. The van der Waals surface area contributed by atoms with Crippen LogP contribution in [0.2, 0.25) is 0 Å². The summed E-state index contributed by atoms with van der Waals surface area (Å²) in [5, 5.41) is 8.92. The van der Waals surface area contributed by atoms with E-state index >= 15 is 0 Å². The van der Waals surface area contributed by atoms with Crippen molar-refractivity contribution in [3.8, 4) is 0 Å². The molecule has 0 saturated carbocycles. The second-order valence-electron chi connectivity index (χ2n) is 5.71. The number of aromatic nitrogens is 1. The van der Waals surface area contributed by atoms with E-state index in [1.54, 1.807) is 39.2 Å². The van der Waals surface area contributed by atoms with Gasteiger partial charge in [0, 0.05) is 23.7 Å². The molecule has 0 radical (unpaired) electrons. The van der Waals surface area contributed by atoms with Gasteiger partial charge in [-0.3, -0.25) is 9.88 Å². The highest BCUT2D eigenvalue weighted by Gasteiger charge is 2.44. The number of rotatable bonds is 2. The first-order chi connectivity index (χ1) is 9.79. The van der Waals surface area contributed by atoms with Crippen LogP contribution in [0.1, 0.15) is 31.7 Å². The molecule has 6 nitrogen and oxygen atoms in total. The molecule has 2 unspecified atom stereocenters. The number of hydrogen-bond acceptors (Lipinski definition) is 5. The molecular formula is C14H18N2O4S. The molecule has 114 valence electrons. The van der Waals surface area contributed by atoms with E-state index in [1.165, 1.54) is 16.7 Å². The Labute approximate surface area is 127 Å². The number of amides is 1. The zero-order valence-electron chi connectivity index (χ0n) is 12.1. The van der Waals surface area contributed by atoms with E-state index in [2.05, 4.69) is 4.98 Å². The Morgan fingerprint density at radius 2 is 2.19 bits per heavy atom. The van der Waals surface area contributed by atoms with E-state index < -0.39 is 29.1 Å². The van der Waals surface area contributed by atoms with Crippen molar-refractivity contribution in [1.82, 2.24) is 9.88 Å². The van der Waals surface area contributed by atoms with Crippen molar-refractivity contribution in [2.45, 2.75) is 37.8 Å². The zero-order chi connectivity index (χ0) is 15.6. The van der Waals surface area contributed by atoms with Crippen LogP contribution in [0.5, 0.6) is 0 Å². The molecule has 1 N–H and O–H groups in total. The van der Waals surface area contributed by atoms with Gasteiger partial charge in [0.1, 0.15) is 17.0 Å². The van der Waals surface area contributed by atoms with Gasteiger partial charge in [-0.15, -0.1) is 11.8 Å². The Kier molecular flexibility index (Phi) is 4.41. The molecule has 21 heavy (non-hydrogen) atoms. The molecule has 2 heterocycles. The van der Waals surface area contributed by atoms with Crippen molar-refractivity contribution in [2.75, 3.05) is 5.75 Å². The van der Waals surface area contributed by atoms with Gasteiger partial charge in [0.25, 0.3) is 0 Å². The molecular weight excluding hydrogens is 292 g/mol. The summed E-state index contributed by atoms with van der Waals surface area (Å²) in [6, 6.07) is 2.69. The highest BCUT2D eigenvalue weighted by Crippen LogP contribution is 2.41. The lowest BCUT2D eigenvalue weighted by Gasteiger charge is -2.30. The molecule has 1 aromatic rings. The maximum Gasteiger partial charge on any atom is 0.412 e. The largest absolute Gasteiger partial charge is 0.480 e. The Bertz CT molecular complexity index is 530. The summed E-state index contributed by atoms with van der Waals surface area (Å²) >= 11 is 1.40. The topological polar surface area (TPSA) is 79.7 Å². The molecule has 0 aliphatic carbocycles. The number of nitrogens with zero attached hydrogens (tertiary/aromatic N) is 2. The van der Waals surface area contributed by atoms with Gasteiger partial charge in [-0.1, -0.05) is 6.07 Å². The van der Waals surface area contributed by atoms with Crippen molar-refractivity contribution in [1.29, 1.82) is 0 Å². The number of carboxylic acids is 1. The van der Waals surface area contributed by atoms with Crippen LogP contribution in [0.25, 0.3) is 0 Å². The van der Waals surface area contributed by atoms with Gasteiger partial charge in [-0.05, 0) is 26.8 Å². The fraction of sp³-hybridized carbons (Fsp3) is 0.500. The summed E-state index contributed by atoms with van der Waals surface area (Å²) in [7, 11) is 0. The summed E-state index contributed by atoms with van der Waals surface area (Å²) in [6.07, 6.45) is 2.66. The summed E-state index contributed by atoms with van der Waals surface area (Å²) in [6.45, 7) is 5.26. The van der Waals surface area contributed by atoms with Crippen molar-refractivity contribution >= 4 is 23.8 Å². The quantitative estimate of drug-likeness (QED) is 0.904. The van der Waals surface area contributed by atoms with E-state index in [0.29, 0.717) is 5.75 Å². The van der Waals surface area contributed by atoms with Gasteiger partial charge < -0.3 is 9.84 Å². The number of aliphatic carboxylic acids is 1. The van der Waals surface area contributed by atoms with Crippen LogP contribution in [-0.2, 0) is 9.53 Å². The van der Waals surface area contributed by atoms with Gasteiger partial charge >= 0.3 is 12.1 Å². The average molecular weight is 310 g/mol. The molecule has 1 saturated heterocycles. The van der Waals surface area contributed by atoms with Crippen molar-refractivity contribution < 1.29 is 19.4 Å². The minimum absolute atomic E-state index is 0.328. The summed E-state index contributed by atoms with van der Waals surface area (Å²) in [5.41, 5.74) is 0.115. The number of ether oxygens (including phenoxy) is 1. The van der Waals surface area contributed by atoms with Crippen LogP contribution in [-0.4, -0.2) is 44.4 Å². The van der Waals surface area contributed by atoms with E-state index in [4.69, 9.17) is 4.74 Å². The normalized spacial score (nSPS) is 22.1. The third-order valence-corrected chi connectivity index (χ3v) is 4.18. The average Bonchev–Trinajstić information content (AvgIpc) is 2.82. The van der Waals surface area contributed by atoms with E-state index in [1.807, 2.05) is 6.07 Å². The third kappa shape index (κ3) is 3.66. The molecule has 2 rings (SSSR count). The first-order valence-electron chi connectivity index (χ1n) is 6.55. The summed E-state index contributed by atoms with van der Waals surface area (Å²) in [4.78, 5) is 29.1. The SMILES string of the molecule is CC(C)(C)OC(=O)N1C(C(=O)O)CSC1c1cccnc1. The van der Waals surface area contributed by atoms with E-state index in [0.717, 1.165) is 5.56 Å². The van der Waals surface area contributed by atoms with Crippen LogP contribution in [0.3, 0.4) is 0 Å². The fourth-order valence-electron chi connectivity index (χ4n) is 2.01. The smallest absolute Gasteiger partial charge is 0.412 e. The van der Waals surface area contributed by atoms with Crippen molar-refractivity contribution in [3.05, 3.63) is 30.1 Å². The van der Waals surface area contributed by atoms with Crippen molar-refractivity contribution in [3.63, 3.8) is 0 Å². The lowest BCUT2D eigenvalue weighted by Crippen LogP contribution is -2.45. The maximum atomic E-state index is 12.4. The Hall–Kier alpha value is -1.76. The zero-order valence-corrected chi connectivity index (χ0v) is 13.0. The molecule has 0 bridgehead atoms. The molecule has 1 fully saturated rings. The van der Waals surface area contributed by atoms with Gasteiger partial charge in [0.05, 0.1) is 0 Å². The Morgan fingerprint density at radius 1 is 1.48 bits per heavy atom. The monoisotopic (exact) mass is 310 g/mol. The lowest BCUT2D eigenvalue weighted by atomic mass is 10.2. The number of carbonyl (C=O) groups excluding carboxylic acids is 1. The van der Waals surface area contributed by atoms with Gasteiger partial charge in [0.2, 0.25) is 0 Å². The van der Waals surface area contributed by atoms with Crippen LogP contribution in [0.4, 0.5) is 4.79 Å². The first kappa shape index (κ1) is 15.6. The lowest BCUT2D eigenvalue weighted by molar-refractivity contribution is -0.142. The molecule has 1 aromatic heterocycles. The predicted octanol–water partition coefficient (Wildman–Crippen LogP) is 2.52. The Balaban J connectivity index is 2.29. The number of carboxylic acid groups (broad SMARTS) is 1. The second kappa shape index (κ2) is 5.93. The summed E-state index contributed by atoms with van der Waals surface area (Å²) < 4.78 is 5.34. The number of carbonyl (C=O) groups is 2. The second-order valence-corrected chi connectivity index (χ2v) is 6.83. The molecule has 0 aromatic carbocycles. The van der Waals surface area contributed by atoms with Crippen molar-refractivity contribution in [2.24, 2.45) is 0 Å². The Morgan fingerprint density at radius 3 is 2.71 bits per heavy atom. The van der Waals surface area contributed by atoms with Gasteiger partial charge in [-0.2, -0.15) is 0 Å². The standard InChI is InChI=1S/C14H18N2O4S/c1-14(2,3)20-13(19)16-10(12(17)18)8-21-11(16)9-5-4-6-15-7-9/h4-7,10-11H,8H2,1-3H3,(H,17,18). The van der Waals surface area contributed by atoms with Crippen LogP contribution < -0.4 is 0 Å². The highest BCUT2D eigenvalue weighted by atomic mass is 32.2. The van der Waals surface area contributed by atoms with Gasteiger partial charge in [0.15, 0.2) is 0 Å². The van der Waals surface area contributed by atoms with Crippen LogP contribution >= 0.6 is 11.8 Å². The molecule has 1 aliphatic rings. The fourth-order valence-corrected chi connectivity index (χ4v) is 3.41. The van der Waals surface area contributed by atoms with Crippen LogP contribution in [0.15, 0.2) is 24.5 Å². The highest BCUT2D eigenvalue weighted by molar-refractivity contribution is 7.99. The van der Waals surface area contributed by atoms with E-state index in [9.17, 15) is 14.7 Å². The number of thioether (sulfide) groups is 1. The maximum absolute atomic E-state index is 12.4.